The van der Waals surface area contributed by atoms with E-state index in [0.717, 1.165) is 38.5 Å². The van der Waals surface area contributed by atoms with E-state index in [1.165, 1.54) is 4.90 Å². The van der Waals surface area contributed by atoms with Crippen molar-refractivity contribution in [3.8, 4) is 11.5 Å². The Balaban J connectivity index is 1.84. The predicted molar refractivity (Wildman–Crippen MR) is 126 cm³/mol. The fourth-order valence-electron chi connectivity index (χ4n) is 4.50. The van der Waals surface area contributed by atoms with Crippen LogP contribution in [0.25, 0.3) is 0 Å². The lowest BCUT2D eigenvalue weighted by Gasteiger charge is -2.26. The van der Waals surface area contributed by atoms with Gasteiger partial charge in [0.25, 0.3) is 0 Å². The van der Waals surface area contributed by atoms with Crippen LogP contribution in [0.5, 0.6) is 11.5 Å². The number of fused-ring (bicyclic) bond motifs is 1. The highest BCUT2D eigenvalue weighted by Gasteiger charge is 2.51. The van der Waals surface area contributed by atoms with Gasteiger partial charge in [-0.25, -0.2) is 0 Å². The Morgan fingerprint density at radius 1 is 1.22 bits per heavy atom. The first-order valence-electron chi connectivity index (χ1n) is 11.5. The zero-order valence-corrected chi connectivity index (χ0v) is 20.0. The Morgan fingerprint density at radius 2 is 1.91 bits per heavy atom. The molecule has 1 heterocycles. The van der Waals surface area contributed by atoms with Crippen LogP contribution in [0, 0.1) is 11.8 Å². The molecule has 3 rings (SSSR count). The van der Waals surface area contributed by atoms with E-state index in [1.807, 2.05) is 6.26 Å². The third-order valence-electron chi connectivity index (χ3n) is 6.29. The quantitative estimate of drug-likeness (QED) is 0.394. The number of amides is 3. The van der Waals surface area contributed by atoms with E-state index in [0.29, 0.717) is 36.0 Å². The second-order valence-corrected chi connectivity index (χ2v) is 9.38. The molecule has 0 spiro atoms. The Kier molecular flexibility index (Phi) is 8.84. The summed E-state index contributed by atoms with van der Waals surface area (Å²) >= 11 is 1.59. The van der Waals surface area contributed by atoms with Crippen molar-refractivity contribution < 1.29 is 23.9 Å². The summed E-state index contributed by atoms with van der Waals surface area (Å²) in [5.74, 6) is 0.510. The van der Waals surface area contributed by atoms with Gasteiger partial charge in [0.15, 0.2) is 0 Å². The Hall–Kier alpha value is -2.22. The van der Waals surface area contributed by atoms with Gasteiger partial charge in [0.2, 0.25) is 17.7 Å². The zero-order chi connectivity index (χ0) is 23.1. The van der Waals surface area contributed by atoms with Crippen molar-refractivity contribution in [2.75, 3.05) is 31.0 Å². The molecule has 1 aliphatic heterocycles. The fourth-order valence-corrected chi connectivity index (χ4v) is 4.96. The predicted octanol–water partition coefficient (Wildman–Crippen LogP) is 4.11. The van der Waals surface area contributed by atoms with Gasteiger partial charge in [-0.05, 0) is 49.8 Å². The van der Waals surface area contributed by atoms with Gasteiger partial charge in [0.05, 0.1) is 31.2 Å². The van der Waals surface area contributed by atoms with Crippen LogP contribution in [0.2, 0.25) is 0 Å². The van der Waals surface area contributed by atoms with E-state index in [4.69, 9.17) is 9.47 Å². The van der Waals surface area contributed by atoms with Gasteiger partial charge in [-0.2, -0.15) is 11.8 Å². The number of unbranched alkanes of at least 4 members (excludes halogenated alkanes) is 1. The molecule has 7 nitrogen and oxygen atoms in total. The van der Waals surface area contributed by atoms with Gasteiger partial charge in [-0.3, -0.25) is 19.3 Å². The summed E-state index contributed by atoms with van der Waals surface area (Å²) in [7, 11) is 1.56. The van der Waals surface area contributed by atoms with Gasteiger partial charge >= 0.3 is 0 Å². The number of carbonyl (C=O) groups is 3. The van der Waals surface area contributed by atoms with Gasteiger partial charge < -0.3 is 14.8 Å². The van der Waals surface area contributed by atoms with E-state index in [2.05, 4.69) is 12.2 Å². The van der Waals surface area contributed by atoms with Crippen molar-refractivity contribution in [1.29, 1.82) is 0 Å². The van der Waals surface area contributed by atoms with E-state index >= 15 is 0 Å². The normalized spacial score (nSPS) is 21.3. The molecule has 1 saturated carbocycles. The molecule has 1 aromatic rings. The lowest BCUT2D eigenvalue weighted by molar-refractivity contribution is -0.146. The molecule has 3 atom stereocenters. The lowest BCUT2D eigenvalue weighted by atomic mass is 9.81. The molecule has 3 amide bonds. The van der Waals surface area contributed by atoms with Gasteiger partial charge in [-0.15, -0.1) is 0 Å². The highest BCUT2D eigenvalue weighted by molar-refractivity contribution is 7.98. The van der Waals surface area contributed by atoms with E-state index in [-0.39, 0.29) is 29.6 Å². The number of rotatable bonds is 11. The largest absolute Gasteiger partial charge is 0.497 e. The van der Waals surface area contributed by atoms with Crippen LogP contribution in [-0.2, 0) is 14.4 Å². The molecule has 1 aromatic carbocycles. The molecule has 0 bridgehead atoms. The van der Waals surface area contributed by atoms with E-state index in [1.54, 1.807) is 37.1 Å². The van der Waals surface area contributed by atoms with Crippen molar-refractivity contribution in [2.45, 2.75) is 57.9 Å². The molecule has 8 heteroatoms. The average Bonchev–Trinajstić information content (AvgIpc) is 3.06. The maximum absolute atomic E-state index is 13.4. The van der Waals surface area contributed by atoms with Crippen molar-refractivity contribution in [3.63, 3.8) is 0 Å². The number of imide groups is 1. The second kappa shape index (κ2) is 11.6. The first-order chi connectivity index (χ1) is 15.5. The molecule has 3 unspecified atom stereocenters. The summed E-state index contributed by atoms with van der Waals surface area (Å²) in [6.07, 6.45) is 7.63. The number of anilines is 1. The summed E-state index contributed by atoms with van der Waals surface area (Å²) < 4.78 is 11.2. The van der Waals surface area contributed by atoms with Crippen LogP contribution in [0.1, 0.15) is 51.9 Å². The van der Waals surface area contributed by atoms with Crippen molar-refractivity contribution in [3.05, 3.63) is 18.2 Å². The third kappa shape index (κ3) is 5.39. The molecular formula is C24H34N2O5S. The summed E-state index contributed by atoms with van der Waals surface area (Å²) in [5, 5.41) is 2.92. The van der Waals surface area contributed by atoms with Crippen LogP contribution in [0.4, 0.5) is 5.69 Å². The van der Waals surface area contributed by atoms with Gasteiger partial charge in [0.1, 0.15) is 17.5 Å². The molecule has 1 saturated heterocycles. The monoisotopic (exact) mass is 462 g/mol. The number of methoxy groups -OCH3 is 1. The first kappa shape index (κ1) is 24.4. The number of hydrogen-bond donors (Lipinski definition) is 1. The standard InChI is InChI=1S/C24H34N2O5S/c1-4-5-13-31-21-11-10-16(30-2)15-19(21)25-22(27)20(12-14-32-3)26-23(28)17-8-6-7-9-18(17)24(26)29/h10-11,15,17-18,20H,4-9,12-14H2,1-3H3,(H,25,27). The minimum Gasteiger partial charge on any atom is -0.497 e. The molecule has 32 heavy (non-hydrogen) atoms. The smallest absolute Gasteiger partial charge is 0.247 e. The van der Waals surface area contributed by atoms with Crippen molar-refractivity contribution in [1.82, 2.24) is 4.90 Å². The molecule has 1 N–H and O–H groups in total. The fraction of sp³-hybridized carbons (Fsp3) is 0.625. The molecule has 0 radical (unpaired) electrons. The Labute approximate surface area is 194 Å². The van der Waals surface area contributed by atoms with E-state index < -0.39 is 6.04 Å². The van der Waals surface area contributed by atoms with Crippen molar-refractivity contribution in [2.24, 2.45) is 11.8 Å². The minimum atomic E-state index is -0.831. The number of nitrogens with zero attached hydrogens (tertiary/aromatic N) is 1. The second-order valence-electron chi connectivity index (χ2n) is 8.39. The van der Waals surface area contributed by atoms with Crippen LogP contribution in [-0.4, -0.2) is 54.4 Å². The number of nitrogens with one attached hydrogen (secondary N) is 1. The van der Waals surface area contributed by atoms with Crippen LogP contribution in [0.3, 0.4) is 0 Å². The van der Waals surface area contributed by atoms with Crippen molar-refractivity contribution >= 4 is 35.2 Å². The number of benzene rings is 1. The van der Waals surface area contributed by atoms with Crippen LogP contribution >= 0.6 is 11.8 Å². The maximum Gasteiger partial charge on any atom is 0.247 e. The number of thioether (sulfide) groups is 1. The van der Waals surface area contributed by atoms with E-state index in [9.17, 15) is 14.4 Å². The highest BCUT2D eigenvalue weighted by atomic mass is 32.2. The number of likely N-dealkylation sites (tertiary alicyclic amines) is 1. The molecule has 2 fully saturated rings. The first-order valence-corrected chi connectivity index (χ1v) is 12.9. The average molecular weight is 463 g/mol. The summed E-state index contributed by atoms with van der Waals surface area (Å²) in [6.45, 7) is 2.62. The summed E-state index contributed by atoms with van der Waals surface area (Å²) in [6, 6.07) is 4.42. The zero-order valence-electron chi connectivity index (χ0n) is 19.2. The van der Waals surface area contributed by atoms with Gasteiger partial charge in [0, 0.05) is 6.07 Å². The Morgan fingerprint density at radius 3 is 2.50 bits per heavy atom. The van der Waals surface area contributed by atoms with Crippen LogP contribution < -0.4 is 14.8 Å². The SMILES string of the molecule is CCCCOc1ccc(OC)cc1NC(=O)C(CCSC)N1C(=O)C2CCCCC2C1=O. The van der Waals surface area contributed by atoms with Crippen LogP contribution in [0.15, 0.2) is 18.2 Å². The minimum absolute atomic E-state index is 0.189. The van der Waals surface area contributed by atoms with Gasteiger partial charge in [-0.1, -0.05) is 26.2 Å². The molecule has 2 aliphatic rings. The maximum atomic E-state index is 13.4. The topological polar surface area (TPSA) is 84.9 Å². The molecule has 0 aromatic heterocycles. The Bertz CT molecular complexity index is 807. The molecule has 176 valence electrons. The highest BCUT2D eigenvalue weighted by Crippen LogP contribution is 2.39. The number of carbonyl (C=O) groups excluding carboxylic acids is 3. The summed E-state index contributed by atoms with van der Waals surface area (Å²) in [5.41, 5.74) is 0.483. The third-order valence-corrected chi connectivity index (χ3v) is 6.93. The molecule has 1 aliphatic carbocycles. The lowest BCUT2D eigenvalue weighted by Crippen LogP contribution is -2.48. The number of ether oxygens (including phenoxy) is 2. The number of hydrogen-bond acceptors (Lipinski definition) is 6. The summed E-state index contributed by atoms with van der Waals surface area (Å²) in [4.78, 5) is 40.9. The molecular weight excluding hydrogens is 428 g/mol.